The average Bonchev–Trinajstić information content (AvgIpc) is 3.02. The maximum atomic E-state index is 14.7. The first-order valence-corrected chi connectivity index (χ1v) is 9.19. The van der Waals surface area contributed by atoms with Gasteiger partial charge in [-0.15, -0.1) is 0 Å². The second-order valence-electron chi connectivity index (χ2n) is 7.15. The number of nitrogens with zero attached hydrogens (tertiary/aromatic N) is 5. The van der Waals surface area contributed by atoms with Crippen LogP contribution in [0.3, 0.4) is 0 Å². The summed E-state index contributed by atoms with van der Waals surface area (Å²) in [6.07, 6.45) is -0.338. The highest BCUT2D eigenvalue weighted by atomic mass is 19.4. The van der Waals surface area contributed by atoms with E-state index in [1.807, 2.05) is 4.90 Å². The average molecular weight is 411 g/mol. The van der Waals surface area contributed by atoms with Crippen molar-refractivity contribution in [2.24, 2.45) is 7.05 Å². The molecule has 10 heteroatoms. The number of hydrogen-bond donors (Lipinski definition) is 0. The Morgan fingerprint density at radius 3 is 2.38 bits per heavy atom. The van der Waals surface area contributed by atoms with E-state index in [9.17, 15) is 22.0 Å². The van der Waals surface area contributed by atoms with Crippen LogP contribution in [-0.2, 0) is 13.2 Å². The van der Waals surface area contributed by atoms with Crippen molar-refractivity contribution in [1.82, 2.24) is 19.7 Å². The molecule has 0 bridgehead atoms. The molecule has 4 rings (SSSR count). The fourth-order valence-electron chi connectivity index (χ4n) is 3.62. The summed E-state index contributed by atoms with van der Waals surface area (Å²) in [6, 6.07) is 0.456. The van der Waals surface area contributed by atoms with Gasteiger partial charge in [-0.05, 0) is 32.3 Å². The Hall–Kier alpha value is -2.78. The number of alkyl halides is 3. The first-order valence-electron chi connectivity index (χ1n) is 9.19. The highest BCUT2D eigenvalue weighted by Crippen LogP contribution is 2.39. The van der Waals surface area contributed by atoms with Crippen LogP contribution in [-0.4, -0.2) is 32.8 Å². The first-order chi connectivity index (χ1) is 13.7. The van der Waals surface area contributed by atoms with E-state index >= 15 is 0 Å². The number of aryl methyl sites for hydroxylation is 1. The Balaban J connectivity index is 1.88. The molecular formula is C19H18F5N5. The number of aromatic nitrogens is 4. The van der Waals surface area contributed by atoms with Gasteiger partial charge in [0, 0.05) is 37.5 Å². The fourth-order valence-corrected chi connectivity index (χ4v) is 3.62. The molecule has 0 aliphatic carbocycles. The molecule has 0 saturated carbocycles. The summed E-state index contributed by atoms with van der Waals surface area (Å²) in [6.45, 7) is 2.60. The van der Waals surface area contributed by atoms with Crippen molar-refractivity contribution in [3.8, 4) is 11.3 Å². The monoisotopic (exact) mass is 411 g/mol. The SMILES string of the molecule is Cc1c(F)c(-c2nn(C)c3nc(N4CCCCC4)ncc23)cc(C(F)(F)F)c1F. The highest BCUT2D eigenvalue weighted by Gasteiger charge is 2.37. The predicted octanol–water partition coefficient (Wildman–Crippen LogP) is 4.63. The quantitative estimate of drug-likeness (QED) is 0.577. The number of halogens is 5. The zero-order valence-electron chi connectivity index (χ0n) is 15.8. The van der Waals surface area contributed by atoms with E-state index in [1.165, 1.54) is 10.9 Å². The largest absolute Gasteiger partial charge is 0.419 e. The summed E-state index contributed by atoms with van der Waals surface area (Å²) >= 11 is 0. The Bertz CT molecular complexity index is 1080. The summed E-state index contributed by atoms with van der Waals surface area (Å²) in [5.41, 5.74) is -2.36. The van der Waals surface area contributed by atoms with Crippen LogP contribution < -0.4 is 4.90 Å². The van der Waals surface area contributed by atoms with Crippen LogP contribution in [0.2, 0.25) is 0 Å². The Morgan fingerprint density at radius 2 is 1.72 bits per heavy atom. The Kier molecular flexibility index (Phi) is 4.66. The minimum Gasteiger partial charge on any atom is -0.341 e. The summed E-state index contributed by atoms with van der Waals surface area (Å²) < 4.78 is 69.7. The van der Waals surface area contributed by atoms with Gasteiger partial charge in [-0.2, -0.15) is 23.3 Å². The van der Waals surface area contributed by atoms with Crippen LogP contribution in [0.5, 0.6) is 0 Å². The second-order valence-corrected chi connectivity index (χ2v) is 7.15. The summed E-state index contributed by atoms with van der Waals surface area (Å²) in [5.74, 6) is -2.21. The lowest BCUT2D eigenvalue weighted by Gasteiger charge is -2.26. The van der Waals surface area contributed by atoms with Crippen LogP contribution in [0.4, 0.5) is 27.9 Å². The molecule has 1 saturated heterocycles. The fraction of sp³-hybridized carbons (Fsp3) is 0.421. The molecule has 1 aliphatic heterocycles. The highest BCUT2D eigenvalue weighted by molar-refractivity contribution is 5.91. The molecule has 1 fully saturated rings. The van der Waals surface area contributed by atoms with Crippen molar-refractivity contribution in [2.75, 3.05) is 18.0 Å². The van der Waals surface area contributed by atoms with Crippen LogP contribution in [0.1, 0.15) is 30.4 Å². The lowest BCUT2D eigenvalue weighted by atomic mass is 10.0. The zero-order valence-corrected chi connectivity index (χ0v) is 15.8. The van der Waals surface area contributed by atoms with Gasteiger partial charge >= 0.3 is 6.18 Å². The third-order valence-electron chi connectivity index (χ3n) is 5.19. The van der Waals surface area contributed by atoms with Crippen molar-refractivity contribution in [3.05, 3.63) is 35.0 Å². The van der Waals surface area contributed by atoms with E-state index in [2.05, 4.69) is 15.1 Å². The molecule has 1 aliphatic rings. The maximum absolute atomic E-state index is 14.7. The third kappa shape index (κ3) is 3.30. The lowest BCUT2D eigenvalue weighted by Crippen LogP contribution is -2.30. The predicted molar refractivity (Wildman–Crippen MR) is 97.5 cm³/mol. The van der Waals surface area contributed by atoms with Crippen molar-refractivity contribution in [1.29, 1.82) is 0 Å². The number of rotatable bonds is 2. The van der Waals surface area contributed by atoms with Crippen LogP contribution in [0, 0.1) is 18.6 Å². The summed E-state index contributed by atoms with van der Waals surface area (Å²) in [5, 5.41) is 4.46. The second kappa shape index (κ2) is 6.93. The molecule has 5 nitrogen and oxygen atoms in total. The van der Waals surface area contributed by atoms with Gasteiger partial charge in [0.25, 0.3) is 0 Å². The van der Waals surface area contributed by atoms with Gasteiger partial charge in [0.1, 0.15) is 17.3 Å². The van der Waals surface area contributed by atoms with E-state index in [0.29, 0.717) is 23.0 Å². The van der Waals surface area contributed by atoms with Gasteiger partial charge in [-0.3, -0.25) is 0 Å². The number of hydrogen-bond acceptors (Lipinski definition) is 4. The number of fused-ring (bicyclic) bond motifs is 1. The normalized spacial score (nSPS) is 15.3. The van der Waals surface area contributed by atoms with Gasteiger partial charge in [-0.25, -0.2) is 18.4 Å². The molecule has 1 aromatic carbocycles. The van der Waals surface area contributed by atoms with E-state index in [-0.39, 0.29) is 5.69 Å². The van der Waals surface area contributed by atoms with Crippen LogP contribution in [0.25, 0.3) is 22.3 Å². The van der Waals surface area contributed by atoms with Gasteiger partial charge < -0.3 is 4.90 Å². The van der Waals surface area contributed by atoms with E-state index < -0.39 is 34.5 Å². The molecule has 0 spiro atoms. The molecule has 154 valence electrons. The van der Waals surface area contributed by atoms with Crippen molar-refractivity contribution >= 4 is 17.0 Å². The number of benzene rings is 1. The van der Waals surface area contributed by atoms with Crippen LogP contribution in [0.15, 0.2) is 12.3 Å². The number of piperidine rings is 1. The zero-order chi connectivity index (χ0) is 20.9. The standard InChI is InChI=1S/C19H18F5N5/c1-10-14(20)11(8-13(15(10)21)19(22,23)24)16-12-9-25-18(26-17(12)28(2)27-16)29-6-4-3-5-7-29/h8-9H,3-7H2,1-2H3. The molecule has 0 unspecified atom stereocenters. The van der Waals surface area contributed by atoms with Gasteiger partial charge in [0.15, 0.2) is 5.65 Å². The van der Waals surface area contributed by atoms with Gasteiger partial charge in [0.2, 0.25) is 5.95 Å². The number of anilines is 1. The summed E-state index contributed by atoms with van der Waals surface area (Å²) in [4.78, 5) is 10.8. The minimum atomic E-state index is -4.96. The molecular weight excluding hydrogens is 393 g/mol. The molecule has 0 N–H and O–H groups in total. The maximum Gasteiger partial charge on any atom is 0.419 e. The topological polar surface area (TPSA) is 46.8 Å². The third-order valence-corrected chi connectivity index (χ3v) is 5.19. The molecule has 0 amide bonds. The van der Waals surface area contributed by atoms with Crippen molar-refractivity contribution in [3.63, 3.8) is 0 Å². The first kappa shape index (κ1) is 19.5. The van der Waals surface area contributed by atoms with Gasteiger partial charge in [0.05, 0.1) is 10.9 Å². The Morgan fingerprint density at radius 1 is 1.03 bits per heavy atom. The molecule has 3 aromatic rings. The van der Waals surface area contributed by atoms with E-state index in [4.69, 9.17) is 0 Å². The molecule has 2 aromatic heterocycles. The molecule has 0 radical (unpaired) electrons. The molecule has 3 heterocycles. The van der Waals surface area contributed by atoms with Crippen molar-refractivity contribution in [2.45, 2.75) is 32.4 Å². The Labute approximate surface area is 163 Å². The molecule has 29 heavy (non-hydrogen) atoms. The lowest BCUT2D eigenvalue weighted by molar-refractivity contribution is -0.140. The van der Waals surface area contributed by atoms with Crippen molar-refractivity contribution < 1.29 is 22.0 Å². The van der Waals surface area contributed by atoms with E-state index in [1.54, 1.807) is 7.05 Å². The van der Waals surface area contributed by atoms with E-state index in [0.717, 1.165) is 39.3 Å². The van der Waals surface area contributed by atoms with Crippen LogP contribution >= 0.6 is 0 Å². The van der Waals surface area contributed by atoms with Gasteiger partial charge in [-0.1, -0.05) is 0 Å². The summed E-state index contributed by atoms with van der Waals surface area (Å²) in [7, 11) is 1.57. The smallest absolute Gasteiger partial charge is 0.341 e. The molecule has 0 atom stereocenters. The minimum absolute atomic E-state index is 0.0567.